The van der Waals surface area contributed by atoms with Gasteiger partial charge in [-0.25, -0.2) is 0 Å². The average Bonchev–Trinajstić information content (AvgIpc) is 3.04. The second-order valence-electron chi connectivity index (χ2n) is 6.60. The summed E-state index contributed by atoms with van der Waals surface area (Å²) in [7, 11) is 1.89. The van der Waals surface area contributed by atoms with Gasteiger partial charge in [0.2, 0.25) is 0 Å². The highest BCUT2D eigenvalue weighted by molar-refractivity contribution is 5.80. The van der Waals surface area contributed by atoms with E-state index >= 15 is 0 Å². The fourth-order valence-corrected chi connectivity index (χ4v) is 3.62. The van der Waals surface area contributed by atoms with Crippen molar-refractivity contribution in [2.45, 2.75) is 46.5 Å². The van der Waals surface area contributed by atoms with Crippen molar-refractivity contribution in [1.29, 1.82) is 0 Å². The van der Waals surface area contributed by atoms with E-state index in [0.717, 1.165) is 49.5 Å². The number of likely N-dealkylation sites (tertiary alicyclic amines) is 1. The van der Waals surface area contributed by atoms with Crippen molar-refractivity contribution >= 4 is 5.96 Å². The summed E-state index contributed by atoms with van der Waals surface area (Å²) in [5.74, 6) is 2.74. The molecule has 1 aliphatic rings. The highest BCUT2D eigenvalue weighted by Gasteiger charge is 2.29. The fraction of sp³-hybridized carbons (Fsp3) is 0.684. The molecule has 0 bridgehead atoms. The Morgan fingerprint density at radius 3 is 2.78 bits per heavy atom. The summed E-state index contributed by atoms with van der Waals surface area (Å²) in [5.41, 5.74) is 2.34. The molecule has 1 fully saturated rings. The smallest absolute Gasteiger partial charge is 0.193 e. The molecule has 0 amide bonds. The summed E-state index contributed by atoms with van der Waals surface area (Å²) in [6.45, 7) is 9.85. The molecule has 1 N–H and O–H groups in total. The van der Waals surface area contributed by atoms with Crippen molar-refractivity contribution in [3.05, 3.63) is 29.6 Å². The normalized spacial score (nSPS) is 18.7. The van der Waals surface area contributed by atoms with Gasteiger partial charge in [-0.15, -0.1) is 0 Å². The van der Waals surface area contributed by atoms with Gasteiger partial charge < -0.3 is 10.2 Å². The number of rotatable bonds is 6. The molecule has 1 atom stereocenters. The van der Waals surface area contributed by atoms with Crippen LogP contribution in [0.25, 0.3) is 0 Å². The third-order valence-corrected chi connectivity index (χ3v) is 5.12. The first-order valence-corrected chi connectivity index (χ1v) is 9.05. The van der Waals surface area contributed by atoms with Crippen molar-refractivity contribution in [2.24, 2.45) is 16.8 Å². The van der Waals surface area contributed by atoms with E-state index in [0.29, 0.717) is 0 Å². The van der Waals surface area contributed by atoms with Gasteiger partial charge in [0, 0.05) is 38.6 Å². The molecular formula is C19H32N4. The number of aliphatic imine (C=N–C) groups is 1. The lowest BCUT2D eigenvalue weighted by Crippen LogP contribution is -2.41. The molecule has 0 saturated carbocycles. The van der Waals surface area contributed by atoms with Gasteiger partial charge in [0.05, 0.1) is 0 Å². The molecule has 2 rings (SSSR count). The minimum absolute atomic E-state index is 0.824. The van der Waals surface area contributed by atoms with Crippen molar-refractivity contribution in [2.75, 3.05) is 26.7 Å². The van der Waals surface area contributed by atoms with Crippen LogP contribution >= 0.6 is 0 Å². The Morgan fingerprint density at radius 1 is 1.39 bits per heavy atom. The van der Waals surface area contributed by atoms with Crippen molar-refractivity contribution < 1.29 is 0 Å². The zero-order valence-corrected chi connectivity index (χ0v) is 15.2. The second-order valence-corrected chi connectivity index (χ2v) is 6.60. The average molecular weight is 316 g/mol. The largest absolute Gasteiger partial charge is 0.356 e. The first-order valence-electron chi connectivity index (χ1n) is 9.05. The number of guanidine groups is 1. The van der Waals surface area contributed by atoms with Crippen LogP contribution in [0.5, 0.6) is 0 Å². The summed E-state index contributed by atoms with van der Waals surface area (Å²) >= 11 is 0. The molecule has 1 saturated heterocycles. The van der Waals surface area contributed by atoms with Gasteiger partial charge in [-0.1, -0.05) is 32.8 Å². The van der Waals surface area contributed by atoms with E-state index in [9.17, 15) is 0 Å². The first-order chi connectivity index (χ1) is 11.2. The maximum atomic E-state index is 4.48. The van der Waals surface area contributed by atoms with Crippen LogP contribution in [0.1, 0.15) is 44.4 Å². The third kappa shape index (κ3) is 4.95. The molecular weight excluding hydrogens is 284 g/mol. The number of nitrogens with zero attached hydrogens (tertiary/aromatic N) is 3. The zero-order valence-electron chi connectivity index (χ0n) is 15.2. The lowest BCUT2D eigenvalue weighted by atomic mass is 9.87. The number of hydrogen-bond acceptors (Lipinski definition) is 2. The van der Waals surface area contributed by atoms with Crippen molar-refractivity contribution in [1.82, 2.24) is 15.2 Å². The topological polar surface area (TPSA) is 40.5 Å². The van der Waals surface area contributed by atoms with E-state index in [-0.39, 0.29) is 0 Å². The van der Waals surface area contributed by atoms with Crippen molar-refractivity contribution in [3.63, 3.8) is 0 Å². The van der Waals surface area contributed by atoms with Gasteiger partial charge in [0.15, 0.2) is 5.96 Å². The Hall–Kier alpha value is -1.58. The van der Waals surface area contributed by atoms with Crippen LogP contribution in [0.4, 0.5) is 0 Å². The third-order valence-electron chi connectivity index (χ3n) is 5.12. The second kappa shape index (κ2) is 8.90. The molecule has 1 unspecified atom stereocenters. The first kappa shape index (κ1) is 17.8. The van der Waals surface area contributed by atoms with Crippen LogP contribution < -0.4 is 5.32 Å². The van der Waals surface area contributed by atoms with E-state index in [1.54, 1.807) is 0 Å². The summed E-state index contributed by atoms with van der Waals surface area (Å²) < 4.78 is 0. The van der Waals surface area contributed by atoms with E-state index in [1.165, 1.54) is 24.8 Å². The van der Waals surface area contributed by atoms with Crippen LogP contribution in [-0.4, -0.2) is 42.5 Å². The highest BCUT2D eigenvalue weighted by atomic mass is 15.3. The standard InChI is InChI=1S/C19H32N4/c1-5-17(6-2)18-10-12-23(14-18)19(20-4)21-11-9-16-8-7-15(3)22-13-16/h7-8,13,17-18H,5-6,9-12,14H2,1-4H3,(H,20,21). The molecule has 2 heterocycles. The van der Waals surface area contributed by atoms with E-state index in [4.69, 9.17) is 0 Å². The van der Waals surface area contributed by atoms with Crippen LogP contribution in [0.3, 0.4) is 0 Å². The predicted octanol–water partition coefficient (Wildman–Crippen LogP) is 3.27. The quantitative estimate of drug-likeness (QED) is 0.647. The molecule has 0 spiro atoms. The van der Waals surface area contributed by atoms with Crippen LogP contribution in [0.15, 0.2) is 23.3 Å². The maximum Gasteiger partial charge on any atom is 0.193 e. The lowest BCUT2D eigenvalue weighted by Gasteiger charge is -2.24. The molecule has 0 aromatic carbocycles. The Balaban J connectivity index is 1.80. The fourth-order valence-electron chi connectivity index (χ4n) is 3.62. The highest BCUT2D eigenvalue weighted by Crippen LogP contribution is 2.28. The molecule has 1 aromatic rings. The molecule has 0 aliphatic carbocycles. The number of aromatic nitrogens is 1. The van der Waals surface area contributed by atoms with Gasteiger partial charge in [-0.2, -0.15) is 0 Å². The molecule has 128 valence electrons. The molecule has 4 nitrogen and oxygen atoms in total. The molecule has 4 heteroatoms. The minimum Gasteiger partial charge on any atom is -0.356 e. The van der Waals surface area contributed by atoms with Crippen LogP contribution in [0.2, 0.25) is 0 Å². The lowest BCUT2D eigenvalue weighted by molar-refractivity contribution is 0.319. The van der Waals surface area contributed by atoms with Crippen molar-refractivity contribution in [3.8, 4) is 0 Å². The van der Waals surface area contributed by atoms with Gasteiger partial charge in [-0.05, 0) is 43.2 Å². The van der Waals surface area contributed by atoms with Crippen LogP contribution in [0, 0.1) is 18.8 Å². The van der Waals surface area contributed by atoms with E-state index < -0.39 is 0 Å². The molecule has 1 aliphatic heterocycles. The Kier molecular flexibility index (Phi) is 6.87. The maximum absolute atomic E-state index is 4.48. The monoisotopic (exact) mass is 316 g/mol. The van der Waals surface area contributed by atoms with Gasteiger partial charge in [0.25, 0.3) is 0 Å². The summed E-state index contributed by atoms with van der Waals surface area (Å²) in [6, 6.07) is 4.23. The Labute approximate surface area is 141 Å². The minimum atomic E-state index is 0.824. The molecule has 23 heavy (non-hydrogen) atoms. The number of pyridine rings is 1. The molecule has 0 radical (unpaired) electrons. The van der Waals surface area contributed by atoms with Crippen LogP contribution in [-0.2, 0) is 6.42 Å². The number of nitrogens with one attached hydrogen (secondary N) is 1. The van der Waals surface area contributed by atoms with Gasteiger partial charge >= 0.3 is 0 Å². The van der Waals surface area contributed by atoms with Gasteiger partial charge in [0.1, 0.15) is 0 Å². The Bertz CT molecular complexity index is 491. The summed E-state index contributed by atoms with van der Waals surface area (Å²) in [5, 5.41) is 3.52. The number of hydrogen-bond donors (Lipinski definition) is 1. The summed E-state index contributed by atoms with van der Waals surface area (Å²) in [6.07, 6.45) is 6.84. The zero-order chi connectivity index (χ0) is 16.7. The SMILES string of the molecule is CCC(CC)C1CCN(C(=NC)NCCc2ccc(C)nc2)C1. The molecule has 1 aromatic heterocycles. The number of aryl methyl sites for hydroxylation is 1. The van der Waals surface area contributed by atoms with E-state index in [1.807, 2.05) is 20.2 Å². The summed E-state index contributed by atoms with van der Waals surface area (Å²) in [4.78, 5) is 11.3. The van der Waals surface area contributed by atoms with Gasteiger partial charge in [-0.3, -0.25) is 9.98 Å². The predicted molar refractivity (Wildman–Crippen MR) is 97.8 cm³/mol. The van der Waals surface area contributed by atoms with E-state index in [2.05, 4.69) is 46.2 Å². The Morgan fingerprint density at radius 2 is 2.17 bits per heavy atom.